The van der Waals surface area contributed by atoms with Gasteiger partial charge < -0.3 is 19.5 Å². The lowest BCUT2D eigenvalue weighted by molar-refractivity contribution is -0.119. The zero-order valence-corrected chi connectivity index (χ0v) is 16.0. The first kappa shape index (κ1) is 19.4. The molecule has 2 aromatic carbocycles. The van der Waals surface area contributed by atoms with Crippen molar-refractivity contribution in [3.8, 4) is 28.8 Å². The molecule has 0 aliphatic rings. The molecule has 8 nitrogen and oxygen atoms in total. The fourth-order valence-electron chi connectivity index (χ4n) is 2.63. The molecule has 0 saturated carbocycles. The number of aromatic nitrogens is 3. The quantitative estimate of drug-likeness (QED) is 0.645. The topological polar surface area (TPSA) is 87.5 Å². The molecule has 3 rings (SSSR count). The van der Waals surface area contributed by atoms with Gasteiger partial charge in [0.15, 0.2) is 5.82 Å². The summed E-state index contributed by atoms with van der Waals surface area (Å²) in [7, 11) is 3.09. The van der Waals surface area contributed by atoms with Crippen molar-refractivity contribution in [3.05, 3.63) is 48.5 Å². The Balaban J connectivity index is 1.99. The first-order chi connectivity index (χ1) is 13.6. The maximum Gasteiger partial charge on any atom is 0.336 e. The number of amides is 1. The zero-order chi connectivity index (χ0) is 19.9. The number of nitrogens with one attached hydrogen (secondary N) is 1. The summed E-state index contributed by atoms with van der Waals surface area (Å²) in [6.45, 7) is 2.32. The van der Waals surface area contributed by atoms with E-state index in [1.54, 1.807) is 17.9 Å². The Morgan fingerprint density at radius 3 is 2.61 bits per heavy atom. The number of ether oxygens (including phenoxy) is 3. The highest BCUT2D eigenvalue weighted by Crippen LogP contribution is 2.26. The Hall–Kier alpha value is -3.39. The van der Waals surface area contributed by atoms with E-state index >= 15 is 0 Å². The molecule has 1 amide bonds. The summed E-state index contributed by atoms with van der Waals surface area (Å²) in [5.74, 6) is 1.14. The smallest absolute Gasteiger partial charge is 0.336 e. The van der Waals surface area contributed by atoms with Crippen molar-refractivity contribution in [2.75, 3.05) is 32.8 Å². The molecule has 1 heterocycles. The Morgan fingerprint density at radius 1 is 1.14 bits per heavy atom. The van der Waals surface area contributed by atoms with Gasteiger partial charge in [-0.3, -0.25) is 4.79 Å². The summed E-state index contributed by atoms with van der Waals surface area (Å²) in [6.07, 6.45) is 0. The molecule has 0 bridgehead atoms. The maximum atomic E-state index is 11.8. The average Bonchev–Trinajstić information content (AvgIpc) is 3.13. The van der Waals surface area contributed by atoms with E-state index in [0.717, 1.165) is 17.0 Å². The molecular weight excluding hydrogens is 360 g/mol. The summed E-state index contributed by atoms with van der Waals surface area (Å²) in [6, 6.07) is 15.1. The second kappa shape index (κ2) is 9.01. The Bertz CT molecular complexity index is 938. The average molecular weight is 382 g/mol. The second-order valence-corrected chi connectivity index (χ2v) is 5.82. The van der Waals surface area contributed by atoms with Gasteiger partial charge >= 0.3 is 6.01 Å². The third-order valence-electron chi connectivity index (χ3n) is 3.86. The van der Waals surface area contributed by atoms with Gasteiger partial charge in [0.05, 0.1) is 19.4 Å². The van der Waals surface area contributed by atoms with Crippen LogP contribution in [0.3, 0.4) is 0 Å². The number of rotatable bonds is 8. The second-order valence-electron chi connectivity index (χ2n) is 5.82. The summed E-state index contributed by atoms with van der Waals surface area (Å²) in [4.78, 5) is 16.3. The number of carbonyl (C=O) groups is 1. The van der Waals surface area contributed by atoms with Crippen molar-refractivity contribution < 1.29 is 19.0 Å². The summed E-state index contributed by atoms with van der Waals surface area (Å²) in [5.41, 5.74) is 2.22. The normalized spacial score (nSPS) is 10.5. The van der Waals surface area contributed by atoms with Crippen LogP contribution in [-0.4, -0.2) is 48.1 Å². The first-order valence-corrected chi connectivity index (χ1v) is 8.78. The van der Waals surface area contributed by atoms with Crippen molar-refractivity contribution in [1.29, 1.82) is 0 Å². The molecule has 0 fully saturated rings. The molecule has 3 aromatic rings. The lowest BCUT2D eigenvalue weighted by Crippen LogP contribution is -2.17. The molecule has 0 saturated heterocycles. The Kier molecular flexibility index (Phi) is 6.23. The van der Waals surface area contributed by atoms with Crippen molar-refractivity contribution in [3.63, 3.8) is 0 Å². The standard InChI is InChI=1S/C20H22N4O4/c1-4-28-20-22-19(14-8-10-17(27-3)11-9-14)24(23-20)16-7-5-6-15(12-16)21-18(25)13-26-2/h5-12H,4,13H2,1-3H3,(H,21,25). The van der Waals surface area contributed by atoms with Crippen LogP contribution in [0.4, 0.5) is 5.69 Å². The van der Waals surface area contributed by atoms with Crippen LogP contribution >= 0.6 is 0 Å². The van der Waals surface area contributed by atoms with Gasteiger partial charge in [-0.1, -0.05) is 6.07 Å². The van der Waals surface area contributed by atoms with E-state index in [1.807, 2.05) is 49.4 Å². The van der Waals surface area contributed by atoms with E-state index in [4.69, 9.17) is 14.2 Å². The minimum atomic E-state index is -0.233. The zero-order valence-electron chi connectivity index (χ0n) is 16.0. The van der Waals surface area contributed by atoms with Crippen LogP contribution in [0.2, 0.25) is 0 Å². The number of anilines is 1. The van der Waals surface area contributed by atoms with Crippen LogP contribution < -0.4 is 14.8 Å². The van der Waals surface area contributed by atoms with Crippen molar-refractivity contribution in [2.45, 2.75) is 6.92 Å². The van der Waals surface area contributed by atoms with Crippen LogP contribution in [0.5, 0.6) is 11.8 Å². The molecule has 1 N–H and O–H groups in total. The molecule has 28 heavy (non-hydrogen) atoms. The van der Waals surface area contributed by atoms with Crippen LogP contribution in [0, 0.1) is 0 Å². The molecule has 0 aliphatic carbocycles. The van der Waals surface area contributed by atoms with Gasteiger partial charge in [-0.05, 0) is 49.4 Å². The van der Waals surface area contributed by atoms with E-state index in [2.05, 4.69) is 15.4 Å². The van der Waals surface area contributed by atoms with Crippen LogP contribution in [0.1, 0.15) is 6.92 Å². The largest absolute Gasteiger partial charge is 0.497 e. The molecule has 1 aromatic heterocycles. The molecule has 0 radical (unpaired) electrons. The Morgan fingerprint density at radius 2 is 1.93 bits per heavy atom. The monoisotopic (exact) mass is 382 g/mol. The minimum absolute atomic E-state index is 0.0147. The number of hydrogen-bond donors (Lipinski definition) is 1. The molecule has 0 spiro atoms. The van der Waals surface area contributed by atoms with Crippen LogP contribution in [-0.2, 0) is 9.53 Å². The molecule has 146 valence electrons. The number of methoxy groups -OCH3 is 2. The SMILES string of the molecule is CCOc1nc(-c2ccc(OC)cc2)n(-c2cccc(NC(=O)COC)c2)n1. The van der Waals surface area contributed by atoms with E-state index in [-0.39, 0.29) is 18.5 Å². The highest BCUT2D eigenvalue weighted by Gasteiger charge is 2.15. The Labute approximate surface area is 163 Å². The number of hydrogen-bond acceptors (Lipinski definition) is 6. The maximum absolute atomic E-state index is 11.8. The lowest BCUT2D eigenvalue weighted by atomic mass is 10.2. The molecular formula is C20H22N4O4. The van der Waals surface area contributed by atoms with Gasteiger partial charge in [0, 0.05) is 18.4 Å². The highest BCUT2D eigenvalue weighted by molar-refractivity contribution is 5.91. The van der Waals surface area contributed by atoms with E-state index in [0.29, 0.717) is 18.1 Å². The molecule has 8 heteroatoms. The van der Waals surface area contributed by atoms with Crippen LogP contribution in [0.25, 0.3) is 17.1 Å². The molecule has 0 unspecified atom stereocenters. The van der Waals surface area contributed by atoms with Crippen molar-refractivity contribution in [2.24, 2.45) is 0 Å². The van der Waals surface area contributed by atoms with Gasteiger partial charge in [0.25, 0.3) is 0 Å². The first-order valence-electron chi connectivity index (χ1n) is 8.78. The number of benzene rings is 2. The summed E-state index contributed by atoms with van der Waals surface area (Å²) >= 11 is 0. The van der Waals surface area contributed by atoms with Crippen molar-refractivity contribution in [1.82, 2.24) is 14.8 Å². The van der Waals surface area contributed by atoms with Crippen LogP contribution in [0.15, 0.2) is 48.5 Å². The highest BCUT2D eigenvalue weighted by atomic mass is 16.5. The predicted molar refractivity (Wildman–Crippen MR) is 105 cm³/mol. The van der Waals surface area contributed by atoms with Gasteiger partial charge in [0.1, 0.15) is 12.4 Å². The summed E-state index contributed by atoms with van der Waals surface area (Å²) in [5, 5.41) is 7.25. The lowest BCUT2D eigenvalue weighted by Gasteiger charge is -2.09. The van der Waals surface area contributed by atoms with Gasteiger partial charge in [-0.15, -0.1) is 5.10 Å². The number of carbonyl (C=O) groups excluding carboxylic acids is 1. The van der Waals surface area contributed by atoms with E-state index in [1.165, 1.54) is 7.11 Å². The minimum Gasteiger partial charge on any atom is -0.497 e. The molecule has 0 aliphatic heterocycles. The predicted octanol–water partition coefficient (Wildman–Crippen LogP) is 2.93. The van der Waals surface area contributed by atoms with Crippen molar-refractivity contribution >= 4 is 11.6 Å². The van der Waals surface area contributed by atoms with E-state index in [9.17, 15) is 4.79 Å². The fraction of sp³-hybridized carbons (Fsp3) is 0.250. The van der Waals surface area contributed by atoms with Gasteiger partial charge in [-0.25, -0.2) is 4.68 Å². The third kappa shape index (κ3) is 4.47. The van der Waals surface area contributed by atoms with Gasteiger partial charge in [0.2, 0.25) is 5.91 Å². The van der Waals surface area contributed by atoms with E-state index < -0.39 is 0 Å². The van der Waals surface area contributed by atoms with Gasteiger partial charge in [-0.2, -0.15) is 4.98 Å². The summed E-state index contributed by atoms with van der Waals surface area (Å²) < 4.78 is 17.2. The fourth-order valence-corrected chi connectivity index (χ4v) is 2.63. The number of nitrogens with zero attached hydrogens (tertiary/aromatic N) is 3. The molecule has 0 atom stereocenters. The third-order valence-corrected chi connectivity index (χ3v) is 3.86.